The van der Waals surface area contributed by atoms with Crippen LogP contribution in [0.5, 0.6) is 5.75 Å². The number of hydrogen-bond acceptors (Lipinski definition) is 2. The monoisotopic (exact) mass is 352 g/mol. The normalized spacial score (nSPS) is 10.4. The topological polar surface area (TPSA) is 26.3 Å². The summed E-state index contributed by atoms with van der Waals surface area (Å²) >= 11 is 9.38. The number of halogens is 2. The minimum atomic E-state index is 0.0457. The van der Waals surface area contributed by atoms with Gasteiger partial charge in [-0.2, -0.15) is 0 Å². The summed E-state index contributed by atoms with van der Waals surface area (Å²) in [5, 5.41) is 0.597. The third-order valence-corrected chi connectivity index (χ3v) is 3.82. The van der Waals surface area contributed by atoms with Crippen molar-refractivity contribution in [3.8, 4) is 5.75 Å². The van der Waals surface area contributed by atoms with Crippen LogP contribution in [0.2, 0.25) is 5.02 Å². The summed E-state index contributed by atoms with van der Waals surface area (Å²) in [5.74, 6) is 0.722. The van der Waals surface area contributed by atoms with Crippen LogP contribution in [0.25, 0.3) is 0 Å². The smallest absolute Gasteiger partial charge is 0.167 e. The summed E-state index contributed by atoms with van der Waals surface area (Å²) in [7, 11) is 1.58. The van der Waals surface area contributed by atoms with E-state index in [-0.39, 0.29) is 12.2 Å². The molecule has 0 N–H and O–H groups in total. The molecule has 2 nitrogen and oxygen atoms in total. The fourth-order valence-corrected chi connectivity index (χ4v) is 2.60. The Morgan fingerprint density at radius 1 is 1.25 bits per heavy atom. The van der Waals surface area contributed by atoms with Gasteiger partial charge in [-0.25, -0.2) is 0 Å². The first-order valence-corrected chi connectivity index (χ1v) is 7.30. The van der Waals surface area contributed by atoms with Gasteiger partial charge < -0.3 is 4.74 Å². The lowest BCUT2D eigenvalue weighted by atomic mass is 9.99. The van der Waals surface area contributed by atoms with Crippen molar-refractivity contribution < 1.29 is 9.53 Å². The Morgan fingerprint density at radius 2 is 2.00 bits per heavy atom. The van der Waals surface area contributed by atoms with Gasteiger partial charge in [0, 0.05) is 27.0 Å². The first-order valence-electron chi connectivity index (χ1n) is 6.13. The maximum atomic E-state index is 12.4. The minimum absolute atomic E-state index is 0.0457. The number of methoxy groups -OCH3 is 1. The molecular formula is C16H14BrClO2. The molecule has 4 heteroatoms. The van der Waals surface area contributed by atoms with Crippen molar-refractivity contribution in [2.24, 2.45) is 0 Å². The molecular weight excluding hydrogens is 340 g/mol. The van der Waals surface area contributed by atoms with E-state index in [9.17, 15) is 4.79 Å². The van der Waals surface area contributed by atoms with Crippen molar-refractivity contribution in [2.75, 3.05) is 7.11 Å². The number of benzene rings is 2. The molecule has 0 aliphatic rings. The van der Waals surface area contributed by atoms with Gasteiger partial charge in [0.05, 0.1) is 7.11 Å². The van der Waals surface area contributed by atoms with Crippen LogP contribution in [0.4, 0.5) is 0 Å². The van der Waals surface area contributed by atoms with Gasteiger partial charge in [-0.05, 0) is 42.8 Å². The van der Waals surface area contributed by atoms with Crippen molar-refractivity contribution in [1.82, 2.24) is 0 Å². The standard InChI is InChI=1S/C16H14BrClO2/c1-10-3-4-12(17)9-14(10)15(19)8-11-7-13(18)5-6-16(11)20-2/h3-7,9H,8H2,1-2H3. The molecule has 0 unspecified atom stereocenters. The second-order valence-corrected chi connectivity index (χ2v) is 5.87. The maximum absolute atomic E-state index is 12.4. The fraction of sp³-hybridized carbons (Fsp3) is 0.188. The van der Waals surface area contributed by atoms with E-state index in [0.717, 1.165) is 15.6 Å². The Hall–Kier alpha value is -1.32. The lowest BCUT2D eigenvalue weighted by Gasteiger charge is -2.10. The summed E-state index contributed by atoms with van der Waals surface area (Å²) in [6.45, 7) is 1.93. The van der Waals surface area contributed by atoms with Gasteiger partial charge in [-0.1, -0.05) is 33.6 Å². The Kier molecular flexibility index (Phi) is 4.84. The summed E-state index contributed by atoms with van der Waals surface area (Å²) in [6, 6.07) is 11.0. The Bertz CT molecular complexity index is 653. The van der Waals surface area contributed by atoms with E-state index < -0.39 is 0 Å². The number of rotatable bonds is 4. The highest BCUT2D eigenvalue weighted by molar-refractivity contribution is 9.10. The molecule has 104 valence electrons. The average Bonchev–Trinajstić information content (AvgIpc) is 2.41. The van der Waals surface area contributed by atoms with E-state index >= 15 is 0 Å². The largest absolute Gasteiger partial charge is 0.496 e. The van der Waals surface area contributed by atoms with Gasteiger partial charge >= 0.3 is 0 Å². The molecule has 2 rings (SSSR count). The molecule has 2 aromatic rings. The van der Waals surface area contributed by atoms with Crippen LogP contribution in [0.1, 0.15) is 21.5 Å². The van der Waals surface area contributed by atoms with Gasteiger partial charge in [0.2, 0.25) is 0 Å². The van der Waals surface area contributed by atoms with Gasteiger partial charge in [-0.3, -0.25) is 4.79 Å². The number of ether oxygens (including phenoxy) is 1. The van der Waals surface area contributed by atoms with E-state index in [2.05, 4.69) is 15.9 Å². The van der Waals surface area contributed by atoms with Crippen molar-refractivity contribution >= 4 is 33.3 Å². The predicted octanol–water partition coefficient (Wildman–Crippen LogP) is 4.84. The van der Waals surface area contributed by atoms with Crippen molar-refractivity contribution in [2.45, 2.75) is 13.3 Å². The number of carbonyl (C=O) groups is 1. The van der Waals surface area contributed by atoms with Crippen molar-refractivity contribution in [3.63, 3.8) is 0 Å². The number of hydrogen-bond donors (Lipinski definition) is 0. The van der Waals surface area contributed by atoms with E-state index in [1.807, 2.05) is 25.1 Å². The molecule has 0 heterocycles. The molecule has 0 saturated carbocycles. The van der Waals surface area contributed by atoms with Gasteiger partial charge in [0.25, 0.3) is 0 Å². The molecule has 0 saturated heterocycles. The van der Waals surface area contributed by atoms with Crippen molar-refractivity contribution in [1.29, 1.82) is 0 Å². The summed E-state index contributed by atoms with van der Waals surface area (Å²) < 4.78 is 6.16. The van der Waals surface area contributed by atoms with Gasteiger partial charge in [-0.15, -0.1) is 0 Å². The van der Waals surface area contributed by atoms with Crippen LogP contribution >= 0.6 is 27.5 Å². The van der Waals surface area contributed by atoms with Crippen LogP contribution in [-0.2, 0) is 6.42 Å². The van der Waals surface area contributed by atoms with Gasteiger partial charge in [0.1, 0.15) is 5.75 Å². The molecule has 0 spiro atoms. The number of ketones is 1. The number of Topliss-reactive ketones (excluding diaryl/α,β-unsaturated/α-hetero) is 1. The molecule has 0 radical (unpaired) electrons. The highest BCUT2D eigenvalue weighted by Crippen LogP contribution is 2.25. The Morgan fingerprint density at radius 3 is 2.70 bits per heavy atom. The second kappa shape index (κ2) is 6.42. The summed E-state index contributed by atoms with van der Waals surface area (Å²) in [6.07, 6.45) is 0.265. The lowest BCUT2D eigenvalue weighted by molar-refractivity contribution is 0.0991. The molecule has 2 aromatic carbocycles. The molecule has 0 aromatic heterocycles. The third kappa shape index (κ3) is 3.41. The third-order valence-electron chi connectivity index (χ3n) is 3.09. The van der Waals surface area contributed by atoms with Gasteiger partial charge in [0.15, 0.2) is 5.78 Å². The minimum Gasteiger partial charge on any atom is -0.496 e. The fourth-order valence-electron chi connectivity index (χ4n) is 2.05. The zero-order chi connectivity index (χ0) is 14.7. The highest BCUT2D eigenvalue weighted by Gasteiger charge is 2.14. The van der Waals surface area contributed by atoms with Crippen LogP contribution in [0.3, 0.4) is 0 Å². The molecule has 0 aliphatic carbocycles. The first-order chi connectivity index (χ1) is 9.51. The SMILES string of the molecule is COc1ccc(Cl)cc1CC(=O)c1cc(Br)ccc1C. The van der Waals surface area contributed by atoms with E-state index in [0.29, 0.717) is 16.3 Å². The predicted molar refractivity (Wildman–Crippen MR) is 84.9 cm³/mol. The summed E-state index contributed by atoms with van der Waals surface area (Å²) in [4.78, 5) is 12.4. The summed E-state index contributed by atoms with van der Waals surface area (Å²) in [5.41, 5.74) is 2.46. The lowest BCUT2D eigenvalue weighted by Crippen LogP contribution is -2.07. The molecule has 0 bridgehead atoms. The Labute approximate surface area is 131 Å². The van der Waals surface area contributed by atoms with Crippen molar-refractivity contribution in [3.05, 3.63) is 62.6 Å². The van der Waals surface area contributed by atoms with Crippen LogP contribution in [-0.4, -0.2) is 12.9 Å². The number of aryl methyl sites for hydroxylation is 1. The van der Waals surface area contributed by atoms with Crippen LogP contribution < -0.4 is 4.74 Å². The van der Waals surface area contributed by atoms with Crippen LogP contribution in [0, 0.1) is 6.92 Å². The molecule has 20 heavy (non-hydrogen) atoms. The van der Waals surface area contributed by atoms with Crippen LogP contribution in [0.15, 0.2) is 40.9 Å². The molecule has 0 aliphatic heterocycles. The zero-order valence-electron chi connectivity index (χ0n) is 11.2. The molecule has 0 amide bonds. The maximum Gasteiger partial charge on any atom is 0.167 e. The Balaban J connectivity index is 2.32. The van der Waals surface area contributed by atoms with E-state index in [4.69, 9.17) is 16.3 Å². The quantitative estimate of drug-likeness (QED) is 0.735. The zero-order valence-corrected chi connectivity index (χ0v) is 13.6. The highest BCUT2D eigenvalue weighted by atomic mass is 79.9. The number of carbonyl (C=O) groups excluding carboxylic acids is 1. The second-order valence-electron chi connectivity index (χ2n) is 4.52. The molecule has 0 atom stereocenters. The molecule has 0 fully saturated rings. The first kappa shape index (κ1) is 15.1. The van der Waals surface area contributed by atoms with E-state index in [1.165, 1.54) is 0 Å². The average molecular weight is 354 g/mol. The van der Waals surface area contributed by atoms with E-state index in [1.54, 1.807) is 25.3 Å².